The highest BCUT2D eigenvalue weighted by atomic mass is 16.1. The fourth-order valence-corrected chi connectivity index (χ4v) is 5.24. The Balaban J connectivity index is 1.26. The Bertz CT molecular complexity index is 707. The predicted octanol–water partition coefficient (Wildman–Crippen LogP) is 2.84. The number of nitrogens with zero attached hydrogens (tertiary/aromatic N) is 4. The maximum atomic E-state index is 12.7. The normalized spacial score (nSPS) is 24.5. The molecule has 1 N–H and O–H groups in total. The van der Waals surface area contributed by atoms with Gasteiger partial charge in [-0.3, -0.25) is 9.69 Å². The maximum Gasteiger partial charge on any atom is 0.223 e. The lowest BCUT2D eigenvalue weighted by atomic mass is 9.88. The lowest BCUT2D eigenvalue weighted by molar-refractivity contribution is -0.125. The molecule has 1 aromatic rings. The van der Waals surface area contributed by atoms with Gasteiger partial charge in [0.15, 0.2) is 0 Å². The first kappa shape index (κ1) is 19.4. The van der Waals surface area contributed by atoms with Gasteiger partial charge in [-0.25, -0.2) is 4.98 Å². The third kappa shape index (κ3) is 4.41. The molecule has 1 amide bonds. The highest BCUT2D eigenvalue weighted by Crippen LogP contribution is 2.34. The summed E-state index contributed by atoms with van der Waals surface area (Å²) in [5, 5.41) is 12.0. The summed E-state index contributed by atoms with van der Waals surface area (Å²) in [6, 6.07) is 2.23. The molecule has 1 saturated carbocycles. The molecule has 2 aliphatic heterocycles. The van der Waals surface area contributed by atoms with Gasteiger partial charge in [0.25, 0.3) is 0 Å². The summed E-state index contributed by atoms with van der Waals surface area (Å²) in [5.74, 6) is 2.75. The van der Waals surface area contributed by atoms with E-state index in [0.717, 1.165) is 51.9 Å². The molecule has 4 rings (SSSR count). The number of rotatable bonds is 5. The highest BCUT2D eigenvalue weighted by Gasteiger charge is 2.30. The lowest BCUT2D eigenvalue weighted by Gasteiger charge is -2.31. The predicted molar refractivity (Wildman–Crippen MR) is 108 cm³/mol. The Kier molecular flexibility index (Phi) is 6.31. The van der Waals surface area contributed by atoms with E-state index in [1.54, 1.807) is 0 Å². The lowest BCUT2D eigenvalue weighted by Crippen LogP contribution is -2.41. The molecule has 0 aromatic carbocycles. The summed E-state index contributed by atoms with van der Waals surface area (Å²) in [6.45, 7) is 4.19. The molecule has 3 heterocycles. The van der Waals surface area contributed by atoms with Gasteiger partial charge < -0.3 is 9.88 Å². The molecule has 0 spiro atoms. The number of likely N-dealkylation sites (tertiary alicyclic amines) is 1. The Morgan fingerprint density at radius 2 is 1.93 bits per heavy atom. The number of piperidine rings is 1. The largest absolute Gasteiger partial charge is 0.356 e. The molecule has 6 nitrogen and oxygen atoms in total. The minimum absolute atomic E-state index is 0.0853. The van der Waals surface area contributed by atoms with Crippen LogP contribution in [0.2, 0.25) is 0 Å². The first-order valence-electron chi connectivity index (χ1n) is 11.2. The molecule has 6 heteroatoms. The van der Waals surface area contributed by atoms with E-state index in [1.807, 2.05) is 6.20 Å². The molecule has 0 bridgehead atoms. The second-order valence-corrected chi connectivity index (χ2v) is 8.91. The van der Waals surface area contributed by atoms with Crippen LogP contribution in [0.25, 0.3) is 0 Å². The van der Waals surface area contributed by atoms with Crippen molar-refractivity contribution in [1.29, 1.82) is 5.26 Å². The summed E-state index contributed by atoms with van der Waals surface area (Å²) in [4.78, 5) is 19.7. The van der Waals surface area contributed by atoms with Gasteiger partial charge in [-0.1, -0.05) is 19.3 Å². The molecule has 1 atom stereocenters. The van der Waals surface area contributed by atoms with Gasteiger partial charge in [-0.2, -0.15) is 5.26 Å². The molecule has 1 aliphatic carbocycles. The van der Waals surface area contributed by atoms with E-state index in [1.165, 1.54) is 43.6 Å². The van der Waals surface area contributed by atoms with Gasteiger partial charge in [-0.15, -0.1) is 0 Å². The standard InChI is InChI=1S/C22H33N5O/c23-9-13-26-10-6-17(7-11-26)15-25-22(28)19-8-12-27-20(14-19)16-24-21(27)18-4-2-1-3-5-18/h16-19H,1-8,10-15H2,(H,25,28). The second-order valence-electron chi connectivity index (χ2n) is 8.91. The van der Waals surface area contributed by atoms with Crippen LogP contribution in [-0.2, 0) is 17.8 Å². The molecule has 2 fully saturated rings. The quantitative estimate of drug-likeness (QED) is 0.794. The van der Waals surface area contributed by atoms with Crippen molar-refractivity contribution in [2.45, 2.75) is 70.3 Å². The van der Waals surface area contributed by atoms with E-state index in [-0.39, 0.29) is 11.8 Å². The molecular weight excluding hydrogens is 350 g/mol. The van der Waals surface area contributed by atoms with Crippen LogP contribution in [-0.4, -0.2) is 46.5 Å². The van der Waals surface area contributed by atoms with Gasteiger partial charge in [0.2, 0.25) is 5.91 Å². The third-order valence-electron chi connectivity index (χ3n) is 7.03. The Morgan fingerprint density at radius 1 is 1.14 bits per heavy atom. The van der Waals surface area contributed by atoms with Crippen LogP contribution in [0.4, 0.5) is 0 Å². The zero-order valence-electron chi connectivity index (χ0n) is 16.9. The topological polar surface area (TPSA) is 74.0 Å². The Labute approximate surface area is 168 Å². The van der Waals surface area contributed by atoms with Crippen LogP contribution in [0.15, 0.2) is 6.20 Å². The van der Waals surface area contributed by atoms with E-state index in [0.29, 0.717) is 18.4 Å². The van der Waals surface area contributed by atoms with Gasteiger partial charge in [0.05, 0.1) is 12.6 Å². The molecular formula is C22H33N5O. The van der Waals surface area contributed by atoms with Crippen LogP contribution in [0.5, 0.6) is 0 Å². The van der Waals surface area contributed by atoms with Crippen molar-refractivity contribution in [3.8, 4) is 6.07 Å². The van der Waals surface area contributed by atoms with Gasteiger partial charge in [0, 0.05) is 43.2 Å². The maximum absolute atomic E-state index is 12.7. The van der Waals surface area contributed by atoms with Crippen LogP contribution in [0.1, 0.15) is 68.8 Å². The summed E-state index contributed by atoms with van der Waals surface area (Å²) in [7, 11) is 0. The second kappa shape index (κ2) is 9.09. The van der Waals surface area contributed by atoms with Crippen molar-refractivity contribution in [1.82, 2.24) is 19.8 Å². The number of amides is 1. The fraction of sp³-hybridized carbons (Fsp3) is 0.773. The minimum atomic E-state index is 0.0853. The van der Waals surface area contributed by atoms with Crippen molar-refractivity contribution >= 4 is 5.91 Å². The van der Waals surface area contributed by atoms with Crippen molar-refractivity contribution in [2.24, 2.45) is 11.8 Å². The van der Waals surface area contributed by atoms with Crippen molar-refractivity contribution in [3.63, 3.8) is 0 Å². The number of nitrogens with one attached hydrogen (secondary N) is 1. The molecule has 1 aromatic heterocycles. The summed E-state index contributed by atoms with van der Waals surface area (Å²) in [6.07, 6.45) is 12.5. The number of imidazole rings is 1. The number of aromatic nitrogens is 2. The monoisotopic (exact) mass is 383 g/mol. The number of nitriles is 1. The molecule has 3 aliphatic rings. The van der Waals surface area contributed by atoms with E-state index in [2.05, 4.69) is 20.9 Å². The van der Waals surface area contributed by atoms with E-state index in [4.69, 9.17) is 10.2 Å². The smallest absolute Gasteiger partial charge is 0.223 e. The van der Waals surface area contributed by atoms with Crippen LogP contribution in [0, 0.1) is 23.2 Å². The van der Waals surface area contributed by atoms with Gasteiger partial charge >= 0.3 is 0 Å². The first-order valence-corrected chi connectivity index (χ1v) is 11.2. The molecule has 152 valence electrons. The first-order chi connectivity index (χ1) is 13.7. The van der Waals surface area contributed by atoms with E-state index >= 15 is 0 Å². The van der Waals surface area contributed by atoms with Crippen LogP contribution < -0.4 is 5.32 Å². The highest BCUT2D eigenvalue weighted by molar-refractivity contribution is 5.79. The van der Waals surface area contributed by atoms with Gasteiger partial charge in [-0.05, 0) is 51.1 Å². The molecule has 28 heavy (non-hydrogen) atoms. The van der Waals surface area contributed by atoms with E-state index in [9.17, 15) is 4.79 Å². The van der Waals surface area contributed by atoms with Crippen LogP contribution >= 0.6 is 0 Å². The van der Waals surface area contributed by atoms with Crippen molar-refractivity contribution in [2.75, 3.05) is 26.2 Å². The fourth-order valence-electron chi connectivity index (χ4n) is 5.24. The molecule has 1 saturated heterocycles. The summed E-state index contributed by atoms with van der Waals surface area (Å²) in [5.41, 5.74) is 1.25. The molecule has 0 radical (unpaired) electrons. The average molecular weight is 384 g/mol. The number of carbonyl (C=O) groups excluding carboxylic acids is 1. The zero-order valence-corrected chi connectivity index (χ0v) is 16.9. The average Bonchev–Trinajstić information content (AvgIpc) is 3.17. The summed E-state index contributed by atoms with van der Waals surface area (Å²) >= 11 is 0. The summed E-state index contributed by atoms with van der Waals surface area (Å²) < 4.78 is 2.41. The van der Waals surface area contributed by atoms with Gasteiger partial charge in [0.1, 0.15) is 5.82 Å². The van der Waals surface area contributed by atoms with E-state index < -0.39 is 0 Å². The number of hydrogen-bond acceptors (Lipinski definition) is 4. The number of hydrogen-bond donors (Lipinski definition) is 1. The van der Waals surface area contributed by atoms with Crippen LogP contribution in [0.3, 0.4) is 0 Å². The Morgan fingerprint density at radius 3 is 2.68 bits per heavy atom. The SMILES string of the molecule is N#CCN1CCC(CNC(=O)C2CCn3c(cnc3C3CCCCC3)C2)CC1. The molecule has 1 unspecified atom stereocenters. The third-order valence-corrected chi connectivity index (χ3v) is 7.03. The number of carbonyl (C=O) groups is 1. The minimum Gasteiger partial charge on any atom is -0.356 e. The number of fused-ring (bicyclic) bond motifs is 1. The Hall–Kier alpha value is -1.87. The zero-order chi connectivity index (χ0) is 19.3. The van der Waals surface area contributed by atoms with Crippen molar-refractivity contribution in [3.05, 3.63) is 17.7 Å². The van der Waals surface area contributed by atoms with Crippen molar-refractivity contribution < 1.29 is 4.79 Å².